The maximum atomic E-state index is 12.1. The van der Waals surface area contributed by atoms with Crippen LogP contribution in [-0.4, -0.2) is 116 Å². The second-order valence-electron chi connectivity index (χ2n) is 15.0. The molecule has 18 nitrogen and oxygen atoms in total. The molecule has 6 rings (SSSR count). The van der Waals surface area contributed by atoms with Crippen molar-refractivity contribution < 1.29 is 126 Å². The molecule has 4 aromatic rings. The number of carbonyl (C=O) groups excluding carboxylic acids is 4. The summed E-state index contributed by atoms with van der Waals surface area (Å²) in [5.41, 5.74) is 14.1. The molecule has 0 radical (unpaired) electrons. The first-order valence-corrected chi connectivity index (χ1v) is 25.5. The van der Waals surface area contributed by atoms with Crippen LogP contribution in [0.25, 0.3) is 4.72 Å². The second-order valence-corrected chi connectivity index (χ2v) is 18.3. The Kier molecular flexibility index (Phi) is 35.5. The van der Waals surface area contributed by atoms with Gasteiger partial charge in [-0.25, -0.2) is 31.1 Å². The molecule has 0 atom stereocenters. The van der Waals surface area contributed by atoms with Gasteiger partial charge in [0, 0.05) is 18.7 Å². The van der Waals surface area contributed by atoms with Crippen LogP contribution in [0.4, 0.5) is 11.4 Å². The standard InChI is InChI=1S/2C17H28N2O3.2C7H5NO3S.2ClH.2Na/c2*1-4-7-11-21-16-13-14(8-9-15(16)18)17(20)22-12-10-19(5-2)6-3;2*9-7-5-3-1-2-4-6(5)12(10,11)8-7;;;;/h2*8-9,13H,4-7,10-12,18H2,1-3H3;2*1-4H,(H,8,9);2*1H;;/q;;;;;;2*+1/p-2. The predicted molar refractivity (Wildman–Crippen MR) is 268 cm³/mol. The molecule has 2 aliphatic rings. The van der Waals surface area contributed by atoms with Crippen molar-refractivity contribution in [3.05, 3.63) is 112 Å². The van der Waals surface area contributed by atoms with Crippen molar-refractivity contribution in [1.82, 2.24) is 14.5 Å². The van der Waals surface area contributed by atoms with Gasteiger partial charge in [0.05, 0.1) is 52.1 Å². The van der Waals surface area contributed by atoms with Crippen LogP contribution in [0.15, 0.2) is 94.7 Å². The number of unbranched alkanes of at least 4 members (excludes halogenated alkanes) is 2. The van der Waals surface area contributed by atoms with Gasteiger partial charge >= 0.3 is 71.1 Å². The fraction of sp³-hybridized carbons (Fsp3) is 0.417. The number of ether oxygens (including phenoxy) is 4. The molecule has 0 aromatic heterocycles. The number of fused-ring (bicyclic) bond motifs is 2. The van der Waals surface area contributed by atoms with Crippen molar-refractivity contribution in [2.45, 2.75) is 77.0 Å². The minimum atomic E-state index is -3.68. The van der Waals surface area contributed by atoms with E-state index in [4.69, 9.17) is 30.4 Å². The van der Waals surface area contributed by atoms with Gasteiger partial charge in [0.25, 0.3) is 15.9 Å². The molecule has 0 unspecified atom stereocenters. The summed E-state index contributed by atoms with van der Waals surface area (Å²) >= 11 is 0. The van der Waals surface area contributed by atoms with Crippen LogP contribution < -0.4 is 97.2 Å². The van der Waals surface area contributed by atoms with Gasteiger partial charge in [-0.3, -0.25) is 4.79 Å². The molecule has 388 valence electrons. The normalized spacial score (nSPS) is 12.7. The van der Waals surface area contributed by atoms with Gasteiger partial charge in [-0.05, 0) is 93.6 Å². The van der Waals surface area contributed by atoms with Gasteiger partial charge in [0.1, 0.15) is 39.6 Å². The average molecular weight is 1100 g/mol. The Hall–Kier alpha value is -3.64. The van der Waals surface area contributed by atoms with E-state index in [1.54, 1.807) is 60.7 Å². The van der Waals surface area contributed by atoms with E-state index in [-0.39, 0.29) is 117 Å². The van der Waals surface area contributed by atoms with Crippen LogP contribution in [0.3, 0.4) is 0 Å². The van der Waals surface area contributed by atoms with Crippen molar-refractivity contribution in [1.29, 1.82) is 0 Å². The molecule has 2 heterocycles. The van der Waals surface area contributed by atoms with Gasteiger partial charge in [-0.1, -0.05) is 84.7 Å². The summed E-state index contributed by atoms with van der Waals surface area (Å²) in [5, 5.41) is 0. The quantitative estimate of drug-likeness (QED) is 0.0388. The van der Waals surface area contributed by atoms with Crippen LogP contribution in [-0.2, 0) is 29.5 Å². The van der Waals surface area contributed by atoms with E-state index in [0.29, 0.717) is 60.4 Å². The summed E-state index contributed by atoms with van der Waals surface area (Å²) in [6.07, 6.45) is 4.01. The number of likely N-dealkylation sites (N-methyl/N-ethyl adjacent to an activating group) is 2. The number of nitrogens with zero attached hydrogens (tertiary/aromatic N) is 3. The van der Waals surface area contributed by atoms with E-state index in [0.717, 1.165) is 65.0 Å². The number of nitrogen functional groups attached to an aromatic ring is 2. The molecule has 4 aromatic carbocycles. The van der Waals surface area contributed by atoms with Gasteiger partial charge in [0.2, 0.25) is 0 Å². The van der Waals surface area contributed by atoms with E-state index in [1.165, 1.54) is 24.3 Å². The van der Waals surface area contributed by atoms with Gasteiger partial charge in [0.15, 0.2) is 0 Å². The summed E-state index contributed by atoms with van der Waals surface area (Å²) in [4.78, 5) is 50.5. The Morgan fingerprint density at radius 3 is 1.39 bits per heavy atom. The number of benzene rings is 4. The molecular weight excluding hydrogens is 1030 g/mol. The summed E-state index contributed by atoms with van der Waals surface area (Å²) in [7, 11) is -7.23. The molecule has 5 N–H and O–H groups in total. The van der Waals surface area contributed by atoms with Gasteiger partial charge in [-0.15, -0.1) is 12.4 Å². The summed E-state index contributed by atoms with van der Waals surface area (Å²) in [6, 6.07) is 22.1. The fourth-order valence-corrected chi connectivity index (χ4v) is 8.47. The Balaban J connectivity index is 0. The topological polar surface area (TPSA) is 258 Å². The third-order valence-electron chi connectivity index (χ3n) is 10.3. The molecule has 2 amide bonds. The number of nitrogens with two attached hydrogens (primary N) is 2. The van der Waals surface area contributed by atoms with Crippen molar-refractivity contribution in [2.24, 2.45) is 0 Å². The smallest absolute Gasteiger partial charge is 1.00 e. The number of carbonyl (C=O) groups is 4. The SMILES string of the molecule is CCCCOc1cc(C(=O)OCCN(CC)CC)ccc1N.CCCCOc1cc(C(=O)OCCN(CC)CC)ccc1N.Cl.O=C1NS(=O)(=O)c2ccccc21.O=C1[N-]S(=O)(=O)c2ccccc21.[Cl-].[Na+].[Na+]. The number of sulfonamides is 2. The molecular formula is C48H66Cl2N6Na2O12S2. The first kappa shape index (κ1) is 70.4. The van der Waals surface area contributed by atoms with Crippen LogP contribution >= 0.6 is 12.4 Å². The zero-order chi connectivity index (χ0) is 50.3. The maximum Gasteiger partial charge on any atom is 1.00 e. The molecule has 24 heteroatoms. The number of anilines is 2. The number of nitrogens with one attached hydrogen (secondary N) is 1. The summed E-state index contributed by atoms with van der Waals surface area (Å²) in [5.74, 6) is -0.811. The second kappa shape index (κ2) is 36.3. The molecule has 2 aliphatic heterocycles. The van der Waals surface area contributed by atoms with E-state index < -0.39 is 31.9 Å². The predicted octanol–water partition coefficient (Wildman–Crippen LogP) is -1.65. The van der Waals surface area contributed by atoms with E-state index >= 15 is 0 Å². The van der Waals surface area contributed by atoms with Crippen LogP contribution in [0.2, 0.25) is 0 Å². The number of amides is 2. The molecule has 0 saturated heterocycles. The largest absolute Gasteiger partial charge is 1.00 e. The Bertz CT molecular complexity index is 2370. The molecule has 0 spiro atoms. The number of rotatable bonds is 20. The minimum Gasteiger partial charge on any atom is -1.00 e. The van der Waals surface area contributed by atoms with Crippen LogP contribution in [0.5, 0.6) is 11.5 Å². The Morgan fingerprint density at radius 2 is 1.00 bits per heavy atom. The maximum absolute atomic E-state index is 12.1. The Labute approximate surface area is 481 Å². The monoisotopic (exact) mass is 1100 g/mol. The van der Waals surface area contributed by atoms with E-state index in [9.17, 15) is 36.0 Å². The minimum absolute atomic E-state index is 0. The van der Waals surface area contributed by atoms with Crippen LogP contribution in [0, 0.1) is 0 Å². The fourth-order valence-electron chi connectivity index (χ4n) is 6.20. The van der Waals surface area contributed by atoms with Gasteiger partial charge < -0.3 is 62.1 Å². The molecule has 0 fully saturated rings. The first-order chi connectivity index (χ1) is 32.5. The third kappa shape index (κ3) is 22.5. The number of hydrogen-bond donors (Lipinski definition) is 3. The van der Waals surface area contributed by atoms with E-state index in [2.05, 4.69) is 56.1 Å². The summed E-state index contributed by atoms with van der Waals surface area (Å²) in [6.45, 7) is 19.8. The average Bonchev–Trinajstić information content (AvgIpc) is 3.72. The van der Waals surface area contributed by atoms with Gasteiger partial charge in [-0.2, -0.15) is 0 Å². The zero-order valence-corrected chi connectivity index (χ0v) is 49.7. The van der Waals surface area contributed by atoms with Crippen molar-refractivity contribution in [2.75, 3.05) is 77.2 Å². The van der Waals surface area contributed by atoms with Crippen molar-refractivity contribution >= 4 is 67.6 Å². The van der Waals surface area contributed by atoms with Crippen molar-refractivity contribution in [3.63, 3.8) is 0 Å². The third-order valence-corrected chi connectivity index (χ3v) is 13.0. The molecule has 72 heavy (non-hydrogen) atoms. The Morgan fingerprint density at radius 1 is 0.597 bits per heavy atom. The van der Waals surface area contributed by atoms with Crippen molar-refractivity contribution in [3.8, 4) is 11.5 Å². The number of hydrogen-bond acceptors (Lipinski definition) is 16. The zero-order valence-electron chi connectivity index (χ0n) is 42.5. The molecule has 0 saturated carbocycles. The van der Waals surface area contributed by atoms with E-state index in [1.807, 2.05) is 4.72 Å². The summed E-state index contributed by atoms with van der Waals surface area (Å²) < 4.78 is 71.1. The molecule has 0 bridgehead atoms. The number of esters is 2. The first-order valence-electron chi connectivity index (χ1n) is 22.6. The molecule has 0 aliphatic carbocycles. The van der Waals surface area contributed by atoms with Crippen LogP contribution in [0.1, 0.15) is 109 Å². The number of halogens is 2.